The van der Waals surface area contributed by atoms with Crippen LogP contribution in [0.15, 0.2) is 24.4 Å². The molecule has 0 saturated heterocycles. The lowest BCUT2D eigenvalue weighted by Crippen LogP contribution is -2.03. The zero-order valence-corrected chi connectivity index (χ0v) is 11.9. The molecular formula is C14H15ClN4. The average molecular weight is 275 g/mol. The van der Waals surface area contributed by atoms with Gasteiger partial charge in [-0.05, 0) is 38.5 Å². The first-order valence-corrected chi connectivity index (χ1v) is 6.72. The van der Waals surface area contributed by atoms with Crippen LogP contribution in [-0.4, -0.2) is 19.2 Å². The van der Waals surface area contributed by atoms with Gasteiger partial charge < -0.3 is 4.40 Å². The Morgan fingerprint density at radius 3 is 2.63 bits per heavy atom. The fourth-order valence-electron chi connectivity index (χ4n) is 2.25. The van der Waals surface area contributed by atoms with Crippen molar-refractivity contribution < 1.29 is 0 Å². The maximum atomic E-state index is 6.10. The van der Waals surface area contributed by atoms with E-state index in [1.807, 2.05) is 40.4 Å². The van der Waals surface area contributed by atoms with Gasteiger partial charge in [-0.15, -0.1) is 11.6 Å². The van der Waals surface area contributed by atoms with E-state index in [-0.39, 0.29) is 0 Å². The number of pyridine rings is 1. The van der Waals surface area contributed by atoms with Crippen molar-refractivity contribution in [2.45, 2.75) is 26.7 Å². The summed E-state index contributed by atoms with van der Waals surface area (Å²) < 4.78 is 3.89. The lowest BCUT2D eigenvalue weighted by Gasteiger charge is -2.03. The monoisotopic (exact) mass is 274 g/mol. The first kappa shape index (κ1) is 12.2. The van der Waals surface area contributed by atoms with Crippen molar-refractivity contribution in [3.8, 4) is 5.82 Å². The minimum absolute atomic E-state index is 0.401. The van der Waals surface area contributed by atoms with E-state index in [2.05, 4.69) is 23.9 Å². The van der Waals surface area contributed by atoms with Crippen molar-refractivity contribution in [2.75, 3.05) is 0 Å². The number of alkyl halides is 1. The molecule has 3 heterocycles. The van der Waals surface area contributed by atoms with Crippen molar-refractivity contribution in [1.82, 2.24) is 19.2 Å². The molecule has 0 unspecified atom stereocenters. The number of fused-ring (bicyclic) bond motifs is 1. The first-order chi connectivity index (χ1) is 9.13. The van der Waals surface area contributed by atoms with Crippen molar-refractivity contribution in [2.24, 2.45) is 0 Å². The molecule has 0 aliphatic heterocycles. The quantitative estimate of drug-likeness (QED) is 0.673. The molecule has 0 N–H and O–H groups in total. The first-order valence-electron chi connectivity index (χ1n) is 6.18. The van der Waals surface area contributed by atoms with Gasteiger partial charge in [-0.2, -0.15) is 5.10 Å². The average Bonchev–Trinajstić information content (AvgIpc) is 2.91. The van der Waals surface area contributed by atoms with Crippen molar-refractivity contribution >= 4 is 17.2 Å². The van der Waals surface area contributed by atoms with E-state index in [4.69, 9.17) is 11.6 Å². The minimum Gasteiger partial charge on any atom is -0.301 e. The second-order valence-corrected chi connectivity index (χ2v) is 4.92. The van der Waals surface area contributed by atoms with Crippen LogP contribution >= 0.6 is 11.6 Å². The number of imidazole rings is 1. The molecule has 0 aliphatic carbocycles. The number of rotatable bonds is 2. The minimum atomic E-state index is 0.401. The molecule has 3 rings (SSSR count). The smallest absolute Gasteiger partial charge is 0.177 e. The SMILES string of the molecule is Cc1nn(-c2nc3ccccn3c2CCl)c(C)c1C. The predicted octanol–water partition coefficient (Wildman–Crippen LogP) is 3.18. The lowest BCUT2D eigenvalue weighted by molar-refractivity contribution is 0.802. The van der Waals surface area contributed by atoms with Crippen LogP contribution in [0.1, 0.15) is 22.6 Å². The summed E-state index contributed by atoms with van der Waals surface area (Å²) in [5.41, 5.74) is 5.17. The van der Waals surface area contributed by atoms with Crippen LogP contribution < -0.4 is 0 Å². The van der Waals surface area contributed by atoms with Crippen LogP contribution in [0.25, 0.3) is 11.5 Å². The van der Waals surface area contributed by atoms with Gasteiger partial charge in [0.2, 0.25) is 0 Å². The molecule has 0 bridgehead atoms. The third-order valence-corrected chi connectivity index (χ3v) is 3.84. The fraction of sp³-hybridized carbons (Fsp3) is 0.286. The molecular weight excluding hydrogens is 260 g/mol. The number of aryl methyl sites for hydroxylation is 1. The van der Waals surface area contributed by atoms with E-state index in [0.29, 0.717) is 5.88 Å². The summed E-state index contributed by atoms with van der Waals surface area (Å²) in [6.07, 6.45) is 1.97. The molecule has 0 atom stereocenters. The summed E-state index contributed by atoms with van der Waals surface area (Å²) in [7, 11) is 0. The topological polar surface area (TPSA) is 35.1 Å². The number of nitrogens with zero attached hydrogens (tertiary/aromatic N) is 4. The number of hydrogen-bond acceptors (Lipinski definition) is 2. The molecule has 98 valence electrons. The molecule has 4 nitrogen and oxygen atoms in total. The van der Waals surface area contributed by atoms with Gasteiger partial charge in [-0.25, -0.2) is 9.67 Å². The Morgan fingerprint density at radius 1 is 1.21 bits per heavy atom. The molecule has 19 heavy (non-hydrogen) atoms. The summed E-state index contributed by atoms with van der Waals surface area (Å²) >= 11 is 6.10. The highest BCUT2D eigenvalue weighted by Gasteiger charge is 2.17. The maximum Gasteiger partial charge on any atom is 0.177 e. The van der Waals surface area contributed by atoms with Crippen LogP contribution in [0.5, 0.6) is 0 Å². The van der Waals surface area contributed by atoms with Crippen LogP contribution in [0.2, 0.25) is 0 Å². The normalized spacial score (nSPS) is 11.4. The van der Waals surface area contributed by atoms with E-state index in [0.717, 1.165) is 28.5 Å². The van der Waals surface area contributed by atoms with E-state index >= 15 is 0 Å². The molecule has 0 aromatic carbocycles. The summed E-state index contributed by atoms with van der Waals surface area (Å²) in [6, 6.07) is 5.91. The van der Waals surface area contributed by atoms with E-state index in [9.17, 15) is 0 Å². The zero-order valence-electron chi connectivity index (χ0n) is 11.2. The third kappa shape index (κ3) is 1.75. The molecule has 0 saturated carbocycles. The van der Waals surface area contributed by atoms with Gasteiger partial charge in [0.1, 0.15) is 5.65 Å². The summed E-state index contributed by atoms with van der Waals surface area (Å²) in [4.78, 5) is 4.65. The molecule has 0 fully saturated rings. The van der Waals surface area contributed by atoms with Crippen LogP contribution in [0.3, 0.4) is 0 Å². The van der Waals surface area contributed by atoms with Crippen LogP contribution in [-0.2, 0) is 5.88 Å². The van der Waals surface area contributed by atoms with Gasteiger partial charge in [-0.3, -0.25) is 0 Å². The largest absolute Gasteiger partial charge is 0.301 e. The standard InChI is InChI=1S/C14H15ClN4/c1-9-10(2)17-19(11(9)3)14-12(8-15)18-7-5-4-6-13(18)16-14/h4-7H,8H2,1-3H3. The predicted molar refractivity (Wildman–Crippen MR) is 76.1 cm³/mol. The van der Waals surface area contributed by atoms with Crippen molar-refractivity contribution in [3.63, 3.8) is 0 Å². The Morgan fingerprint density at radius 2 is 2.00 bits per heavy atom. The highest BCUT2D eigenvalue weighted by atomic mass is 35.5. The summed E-state index contributed by atoms with van der Waals surface area (Å²) in [5.74, 6) is 1.22. The Labute approximate surface area is 116 Å². The number of aromatic nitrogens is 4. The van der Waals surface area contributed by atoms with E-state index < -0.39 is 0 Å². The van der Waals surface area contributed by atoms with E-state index in [1.54, 1.807) is 0 Å². The second-order valence-electron chi connectivity index (χ2n) is 4.65. The Balaban J connectivity index is 2.33. The highest BCUT2D eigenvalue weighted by Crippen LogP contribution is 2.22. The maximum absolute atomic E-state index is 6.10. The molecule has 0 aliphatic rings. The van der Waals surface area contributed by atoms with Gasteiger partial charge >= 0.3 is 0 Å². The van der Waals surface area contributed by atoms with Crippen molar-refractivity contribution in [3.05, 3.63) is 47.0 Å². The summed E-state index contributed by atoms with van der Waals surface area (Å²) in [6.45, 7) is 6.14. The molecule has 0 spiro atoms. The molecule has 3 aromatic heterocycles. The fourth-order valence-corrected chi connectivity index (χ4v) is 2.50. The summed E-state index contributed by atoms with van der Waals surface area (Å²) in [5, 5.41) is 4.57. The van der Waals surface area contributed by atoms with Crippen LogP contribution in [0, 0.1) is 20.8 Å². The van der Waals surface area contributed by atoms with Gasteiger partial charge in [0.15, 0.2) is 5.82 Å². The second kappa shape index (κ2) is 4.38. The molecule has 0 amide bonds. The Hall–Kier alpha value is -1.81. The van der Waals surface area contributed by atoms with Gasteiger partial charge in [0.05, 0.1) is 17.3 Å². The lowest BCUT2D eigenvalue weighted by atomic mass is 10.2. The van der Waals surface area contributed by atoms with Crippen molar-refractivity contribution in [1.29, 1.82) is 0 Å². The zero-order chi connectivity index (χ0) is 13.6. The highest BCUT2D eigenvalue weighted by molar-refractivity contribution is 6.17. The van der Waals surface area contributed by atoms with Gasteiger partial charge in [0.25, 0.3) is 0 Å². The van der Waals surface area contributed by atoms with Crippen LogP contribution in [0.4, 0.5) is 0 Å². The number of hydrogen-bond donors (Lipinski definition) is 0. The molecule has 5 heteroatoms. The van der Waals surface area contributed by atoms with Gasteiger partial charge in [0, 0.05) is 11.9 Å². The Bertz CT molecular complexity index is 754. The number of halogens is 1. The molecule has 3 aromatic rings. The molecule has 0 radical (unpaired) electrons. The van der Waals surface area contributed by atoms with E-state index in [1.165, 1.54) is 5.56 Å². The third-order valence-electron chi connectivity index (χ3n) is 3.59. The Kier molecular flexibility index (Phi) is 2.82. The van der Waals surface area contributed by atoms with Gasteiger partial charge in [-0.1, -0.05) is 6.07 Å².